The molecule has 0 saturated carbocycles. The molecule has 0 aliphatic rings. The average Bonchev–Trinajstić information content (AvgIpc) is 2.47. The third kappa shape index (κ3) is 0.816. The highest BCUT2D eigenvalue weighted by Crippen LogP contribution is 2.03. The van der Waals surface area contributed by atoms with E-state index in [9.17, 15) is 4.79 Å². The highest BCUT2D eigenvalue weighted by molar-refractivity contribution is 5.72. The number of rotatable bonds is 1. The van der Waals surface area contributed by atoms with Gasteiger partial charge in [-0.2, -0.15) is 0 Å². The van der Waals surface area contributed by atoms with Crippen molar-refractivity contribution in [2.75, 3.05) is 0 Å². The maximum Gasteiger partial charge on any atom is 0.185 e. The first kappa shape index (κ1) is 6.09. The molecule has 0 N–H and O–H groups in total. The fourth-order valence-corrected chi connectivity index (χ4v) is 1.05. The zero-order valence-corrected chi connectivity index (χ0v) is 5.77. The van der Waals surface area contributed by atoms with E-state index < -0.39 is 0 Å². The van der Waals surface area contributed by atoms with Crippen LogP contribution in [0.4, 0.5) is 0 Å². The SMILES string of the molecule is O=Cc1ncc2ccccn12. The Kier molecular flexibility index (Phi) is 1.22. The third-order valence-electron chi connectivity index (χ3n) is 1.57. The number of hydrogen-bond acceptors (Lipinski definition) is 2. The Balaban J connectivity index is 2.86. The molecule has 0 radical (unpaired) electrons. The van der Waals surface area contributed by atoms with Crippen LogP contribution >= 0.6 is 0 Å². The first-order valence-electron chi connectivity index (χ1n) is 3.29. The molecule has 0 amide bonds. The van der Waals surface area contributed by atoms with Crippen LogP contribution in [0.3, 0.4) is 0 Å². The maximum atomic E-state index is 10.4. The van der Waals surface area contributed by atoms with Gasteiger partial charge in [-0.3, -0.25) is 9.20 Å². The van der Waals surface area contributed by atoms with Gasteiger partial charge in [-0.15, -0.1) is 0 Å². The lowest BCUT2D eigenvalue weighted by atomic mass is 10.4. The Hall–Kier alpha value is -1.64. The average molecular weight is 146 g/mol. The molecule has 0 aliphatic carbocycles. The highest BCUT2D eigenvalue weighted by atomic mass is 16.1. The van der Waals surface area contributed by atoms with Crippen molar-refractivity contribution in [3.63, 3.8) is 0 Å². The summed E-state index contributed by atoms with van der Waals surface area (Å²) in [6, 6.07) is 5.67. The molecule has 2 aromatic rings. The monoisotopic (exact) mass is 146 g/mol. The number of carbonyl (C=O) groups excluding carboxylic acids is 1. The van der Waals surface area contributed by atoms with Crippen LogP contribution in [-0.2, 0) is 0 Å². The normalized spacial score (nSPS) is 10.2. The third-order valence-corrected chi connectivity index (χ3v) is 1.57. The van der Waals surface area contributed by atoms with E-state index in [0.717, 1.165) is 11.8 Å². The molecule has 2 rings (SSSR count). The van der Waals surface area contributed by atoms with Crippen molar-refractivity contribution >= 4 is 11.8 Å². The van der Waals surface area contributed by atoms with Gasteiger partial charge in [0.15, 0.2) is 12.1 Å². The summed E-state index contributed by atoms with van der Waals surface area (Å²) >= 11 is 0. The Labute approximate surface area is 63.3 Å². The molecule has 0 aromatic carbocycles. The predicted molar refractivity (Wildman–Crippen MR) is 40.6 cm³/mol. The summed E-state index contributed by atoms with van der Waals surface area (Å²) in [6.45, 7) is 0. The summed E-state index contributed by atoms with van der Waals surface area (Å²) in [5, 5.41) is 0. The Morgan fingerprint density at radius 2 is 2.36 bits per heavy atom. The van der Waals surface area contributed by atoms with Crippen molar-refractivity contribution in [3.05, 3.63) is 36.4 Å². The van der Waals surface area contributed by atoms with Gasteiger partial charge in [-0.1, -0.05) is 6.07 Å². The van der Waals surface area contributed by atoms with Gasteiger partial charge >= 0.3 is 0 Å². The number of nitrogens with zero attached hydrogens (tertiary/aromatic N) is 2. The van der Waals surface area contributed by atoms with Gasteiger partial charge in [0.2, 0.25) is 0 Å². The molecule has 0 bridgehead atoms. The molecule has 0 fully saturated rings. The molecule has 0 saturated heterocycles. The first-order valence-corrected chi connectivity index (χ1v) is 3.29. The lowest BCUT2D eigenvalue weighted by molar-refractivity contribution is 0.111. The number of hydrogen-bond donors (Lipinski definition) is 0. The zero-order valence-electron chi connectivity index (χ0n) is 5.77. The Bertz CT molecular complexity index is 392. The summed E-state index contributed by atoms with van der Waals surface area (Å²) in [7, 11) is 0. The Morgan fingerprint density at radius 3 is 3.18 bits per heavy atom. The molecular formula is C8H6N2O. The molecule has 54 valence electrons. The minimum absolute atomic E-state index is 0.445. The fourth-order valence-electron chi connectivity index (χ4n) is 1.05. The van der Waals surface area contributed by atoms with Gasteiger partial charge in [0.25, 0.3) is 0 Å². The topological polar surface area (TPSA) is 34.4 Å². The van der Waals surface area contributed by atoms with E-state index in [1.54, 1.807) is 10.6 Å². The van der Waals surface area contributed by atoms with Gasteiger partial charge in [0.05, 0.1) is 11.7 Å². The van der Waals surface area contributed by atoms with E-state index in [4.69, 9.17) is 0 Å². The number of aldehydes is 1. The van der Waals surface area contributed by atoms with E-state index in [1.807, 2.05) is 24.4 Å². The predicted octanol–water partition coefficient (Wildman–Crippen LogP) is 1.15. The summed E-state index contributed by atoms with van der Waals surface area (Å²) in [5.41, 5.74) is 0.939. The van der Waals surface area contributed by atoms with Crippen LogP contribution < -0.4 is 0 Å². The molecule has 0 spiro atoms. The molecule has 0 atom stereocenters. The molecule has 0 unspecified atom stereocenters. The van der Waals surface area contributed by atoms with Gasteiger partial charge < -0.3 is 0 Å². The molecule has 2 heterocycles. The summed E-state index contributed by atoms with van der Waals surface area (Å²) in [4.78, 5) is 14.3. The van der Waals surface area contributed by atoms with Crippen LogP contribution in [0.5, 0.6) is 0 Å². The smallest absolute Gasteiger partial charge is 0.185 e. The van der Waals surface area contributed by atoms with Gasteiger partial charge in [-0.25, -0.2) is 4.98 Å². The quantitative estimate of drug-likeness (QED) is 0.565. The summed E-state index contributed by atoms with van der Waals surface area (Å²) in [5.74, 6) is 0.445. The molecular weight excluding hydrogens is 140 g/mol. The number of fused-ring (bicyclic) bond motifs is 1. The van der Waals surface area contributed by atoms with E-state index in [2.05, 4.69) is 4.98 Å². The van der Waals surface area contributed by atoms with Crippen LogP contribution in [0.25, 0.3) is 5.52 Å². The van der Waals surface area contributed by atoms with Gasteiger partial charge in [0, 0.05) is 6.20 Å². The van der Waals surface area contributed by atoms with E-state index >= 15 is 0 Å². The van der Waals surface area contributed by atoms with Gasteiger partial charge in [-0.05, 0) is 12.1 Å². The molecule has 3 nitrogen and oxygen atoms in total. The van der Waals surface area contributed by atoms with Gasteiger partial charge in [0.1, 0.15) is 0 Å². The number of carbonyl (C=O) groups is 1. The van der Waals surface area contributed by atoms with Crippen molar-refractivity contribution in [3.8, 4) is 0 Å². The maximum absolute atomic E-state index is 10.4. The van der Waals surface area contributed by atoms with Crippen LogP contribution in [0, 0.1) is 0 Å². The van der Waals surface area contributed by atoms with Crippen molar-refractivity contribution in [1.82, 2.24) is 9.38 Å². The lowest BCUT2D eigenvalue weighted by Crippen LogP contribution is -1.89. The fraction of sp³-hybridized carbons (Fsp3) is 0. The first-order chi connectivity index (χ1) is 5.42. The minimum atomic E-state index is 0.445. The van der Waals surface area contributed by atoms with Crippen LogP contribution in [-0.4, -0.2) is 15.7 Å². The van der Waals surface area contributed by atoms with E-state index in [1.165, 1.54) is 0 Å². The van der Waals surface area contributed by atoms with Crippen LogP contribution in [0.2, 0.25) is 0 Å². The second-order valence-corrected chi connectivity index (χ2v) is 2.23. The zero-order chi connectivity index (χ0) is 7.68. The summed E-state index contributed by atoms with van der Waals surface area (Å²) < 4.78 is 1.74. The van der Waals surface area contributed by atoms with E-state index in [-0.39, 0.29) is 0 Å². The van der Waals surface area contributed by atoms with E-state index in [0.29, 0.717) is 5.82 Å². The molecule has 3 heteroatoms. The van der Waals surface area contributed by atoms with Crippen LogP contribution in [0.1, 0.15) is 10.6 Å². The highest BCUT2D eigenvalue weighted by Gasteiger charge is 1.97. The molecule has 11 heavy (non-hydrogen) atoms. The van der Waals surface area contributed by atoms with Crippen molar-refractivity contribution in [1.29, 1.82) is 0 Å². The Morgan fingerprint density at radius 1 is 1.45 bits per heavy atom. The molecule has 0 aliphatic heterocycles. The second kappa shape index (κ2) is 2.20. The minimum Gasteiger partial charge on any atom is -0.298 e. The van der Waals surface area contributed by atoms with Crippen LogP contribution in [0.15, 0.2) is 30.6 Å². The number of aromatic nitrogens is 2. The lowest BCUT2D eigenvalue weighted by Gasteiger charge is -1.91. The second-order valence-electron chi connectivity index (χ2n) is 2.23. The van der Waals surface area contributed by atoms with Crippen molar-refractivity contribution in [2.45, 2.75) is 0 Å². The number of imidazole rings is 1. The number of pyridine rings is 1. The van der Waals surface area contributed by atoms with Crippen molar-refractivity contribution in [2.24, 2.45) is 0 Å². The largest absolute Gasteiger partial charge is 0.298 e. The van der Waals surface area contributed by atoms with Crippen molar-refractivity contribution < 1.29 is 4.79 Å². The summed E-state index contributed by atoms with van der Waals surface area (Å²) in [6.07, 6.45) is 4.22. The standard InChI is InChI=1S/C8H6N2O/c11-6-8-9-5-7-3-1-2-4-10(7)8/h1-6H. The molecule has 2 aromatic heterocycles.